The van der Waals surface area contributed by atoms with Gasteiger partial charge in [-0.15, -0.1) is 11.3 Å². The maximum Gasteiger partial charge on any atom is 0.146 e. The van der Waals surface area contributed by atoms with Crippen molar-refractivity contribution in [3.63, 3.8) is 0 Å². The lowest BCUT2D eigenvalue weighted by atomic mass is 10.0. The van der Waals surface area contributed by atoms with Gasteiger partial charge in [0.05, 0.1) is 16.7 Å². The monoisotopic (exact) mass is 414 g/mol. The minimum atomic E-state index is 0.434. The molecule has 0 aliphatic heterocycles. The van der Waals surface area contributed by atoms with Gasteiger partial charge in [0, 0.05) is 23.2 Å². The van der Waals surface area contributed by atoms with Crippen LogP contribution in [0, 0.1) is 25.2 Å². The van der Waals surface area contributed by atoms with Crippen molar-refractivity contribution in [3.8, 4) is 17.2 Å². The highest BCUT2D eigenvalue weighted by Gasteiger charge is 2.22. The quantitative estimate of drug-likeness (QED) is 0.451. The van der Waals surface area contributed by atoms with Crippen LogP contribution >= 0.6 is 11.3 Å². The van der Waals surface area contributed by atoms with Gasteiger partial charge in [0.25, 0.3) is 0 Å². The number of aryl methyl sites for hydroxylation is 3. The van der Waals surface area contributed by atoms with E-state index in [2.05, 4.69) is 63.7 Å². The van der Waals surface area contributed by atoms with Crippen molar-refractivity contribution in [3.05, 3.63) is 57.9 Å². The van der Waals surface area contributed by atoms with E-state index in [1.165, 1.54) is 23.2 Å². The molecule has 30 heavy (non-hydrogen) atoms. The molecule has 4 aromatic rings. The summed E-state index contributed by atoms with van der Waals surface area (Å²) in [6.45, 7) is 6.85. The third kappa shape index (κ3) is 3.46. The number of nitrogens with two attached hydrogens (primary N) is 1. The fourth-order valence-corrected chi connectivity index (χ4v) is 4.34. The van der Waals surface area contributed by atoms with Crippen LogP contribution in [0.3, 0.4) is 0 Å². The fraction of sp³-hybridized carbons (Fsp3) is 0.217. The number of thiazole rings is 1. The lowest BCUT2D eigenvalue weighted by molar-refractivity contribution is 0.692. The van der Waals surface area contributed by atoms with Gasteiger partial charge in [0.1, 0.15) is 28.9 Å². The summed E-state index contributed by atoms with van der Waals surface area (Å²) in [7, 11) is 0. The number of hydrogen-bond donors (Lipinski definition) is 1. The first-order valence-corrected chi connectivity index (χ1v) is 10.7. The molecule has 0 amide bonds. The molecule has 0 aliphatic rings. The first-order valence-electron chi connectivity index (χ1n) is 9.77. The predicted octanol–water partition coefficient (Wildman–Crippen LogP) is 5.23. The molecule has 1 aromatic carbocycles. The van der Waals surface area contributed by atoms with E-state index < -0.39 is 0 Å². The van der Waals surface area contributed by atoms with E-state index in [0.717, 1.165) is 46.5 Å². The summed E-state index contributed by atoms with van der Waals surface area (Å²) in [5.41, 5.74) is 12.5. The highest BCUT2D eigenvalue weighted by molar-refractivity contribution is 7.11. The molecule has 0 saturated carbocycles. The molecule has 0 spiro atoms. The zero-order valence-corrected chi connectivity index (χ0v) is 18.0. The Morgan fingerprint density at radius 1 is 1.23 bits per heavy atom. The Hall–Kier alpha value is -3.50. The molecule has 0 fully saturated rings. The third-order valence-electron chi connectivity index (χ3n) is 4.95. The van der Waals surface area contributed by atoms with Crippen LogP contribution in [0.25, 0.3) is 33.8 Å². The van der Waals surface area contributed by atoms with Crippen molar-refractivity contribution in [2.45, 2.75) is 33.7 Å². The lowest BCUT2D eigenvalue weighted by Gasteiger charge is -2.08. The number of rotatable bonds is 5. The largest absolute Gasteiger partial charge is 0.383 e. The molecule has 0 aliphatic carbocycles. The van der Waals surface area contributed by atoms with Crippen molar-refractivity contribution in [1.29, 1.82) is 5.26 Å². The molecule has 2 N–H and O–H groups in total. The molecule has 0 saturated heterocycles. The Kier molecular flexibility index (Phi) is 5.34. The smallest absolute Gasteiger partial charge is 0.146 e. The maximum absolute atomic E-state index is 9.88. The second-order valence-corrected chi connectivity index (χ2v) is 8.06. The van der Waals surface area contributed by atoms with Gasteiger partial charge < -0.3 is 10.3 Å². The average molecular weight is 415 g/mol. The Balaban J connectivity index is 2.09. The zero-order chi connectivity index (χ0) is 21.3. The number of benzene rings is 1. The van der Waals surface area contributed by atoms with Crippen LogP contribution in [0.5, 0.6) is 0 Å². The van der Waals surface area contributed by atoms with E-state index in [-0.39, 0.29) is 0 Å². The van der Waals surface area contributed by atoms with Crippen LogP contribution < -0.4 is 5.73 Å². The summed E-state index contributed by atoms with van der Waals surface area (Å²) in [4.78, 5) is 13.3. The van der Waals surface area contributed by atoms with E-state index in [0.29, 0.717) is 16.4 Å². The standard InChI is InChI=1S/C23H22N6S/c1-4-9-29-18(10-17(11-24)23-28-15(3)12-30-23)19(16-7-5-14(2)6-8-16)20-21(25)26-13-27-22(20)29/h5-8,10,12-13H,4,9H2,1-3H3,(H2,25,26,27)/b17-10+. The zero-order valence-electron chi connectivity index (χ0n) is 17.2. The van der Waals surface area contributed by atoms with Crippen LogP contribution in [0.4, 0.5) is 5.82 Å². The first kappa shape index (κ1) is 19.8. The fourth-order valence-electron chi connectivity index (χ4n) is 3.58. The molecule has 150 valence electrons. The Morgan fingerprint density at radius 2 is 2.00 bits per heavy atom. The number of aromatic nitrogens is 4. The van der Waals surface area contributed by atoms with E-state index in [1.54, 1.807) is 0 Å². The van der Waals surface area contributed by atoms with Gasteiger partial charge in [-0.25, -0.2) is 15.0 Å². The minimum Gasteiger partial charge on any atom is -0.383 e. The van der Waals surface area contributed by atoms with E-state index in [1.807, 2.05) is 18.4 Å². The molecule has 0 bridgehead atoms. The average Bonchev–Trinajstić information content (AvgIpc) is 3.30. The summed E-state index contributed by atoms with van der Waals surface area (Å²) < 4.78 is 2.13. The lowest BCUT2D eigenvalue weighted by Crippen LogP contribution is -2.01. The van der Waals surface area contributed by atoms with Gasteiger partial charge in [0.2, 0.25) is 0 Å². The predicted molar refractivity (Wildman–Crippen MR) is 123 cm³/mol. The molecule has 7 heteroatoms. The molecule has 3 heterocycles. The van der Waals surface area contributed by atoms with Crippen LogP contribution in [-0.2, 0) is 6.54 Å². The van der Waals surface area contributed by atoms with Gasteiger partial charge in [-0.1, -0.05) is 36.8 Å². The minimum absolute atomic E-state index is 0.434. The third-order valence-corrected chi connectivity index (χ3v) is 5.94. The summed E-state index contributed by atoms with van der Waals surface area (Å²) in [6, 6.07) is 10.6. The van der Waals surface area contributed by atoms with Crippen molar-refractivity contribution in [2.75, 3.05) is 5.73 Å². The van der Waals surface area contributed by atoms with E-state index in [9.17, 15) is 5.26 Å². The SMILES string of the molecule is CCCn1c(/C=C(\C#N)c2nc(C)cs2)c(-c2ccc(C)cc2)c2c(N)ncnc21. The van der Waals surface area contributed by atoms with Crippen LogP contribution in [0.1, 0.15) is 35.3 Å². The summed E-state index contributed by atoms with van der Waals surface area (Å²) in [5.74, 6) is 0.434. The van der Waals surface area contributed by atoms with Crippen molar-refractivity contribution < 1.29 is 0 Å². The second kappa shape index (κ2) is 8.09. The van der Waals surface area contributed by atoms with Gasteiger partial charge in [0.15, 0.2) is 0 Å². The normalized spacial score (nSPS) is 11.7. The summed E-state index contributed by atoms with van der Waals surface area (Å²) >= 11 is 1.47. The number of nitrogen functional groups attached to an aromatic ring is 1. The molecule has 0 unspecified atom stereocenters. The molecule has 0 radical (unpaired) electrons. The summed E-state index contributed by atoms with van der Waals surface area (Å²) in [5, 5.41) is 13.4. The van der Waals surface area contributed by atoms with E-state index in [4.69, 9.17) is 5.73 Å². The van der Waals surface area contributed by atoms with Crippen molar-refractivity contribution >= 4 is 39.8 Å². The van der Waals surface area contributed by atoms with Gasteiger partial charge in [-0.2, -0.15) is 5.26 Å². The van der Waals surface area contributed by atoms with Crippen LogP contribution in [0.15, 0.2) is 36.0 Å². The number of fused-ring (bicyclic) bond motifs is 1. The Morgan fingerprint density at radius 3 is 2.63 bits per heavy atom. The number of anilines is 1. The topological polar surface area (TPSA) is 93.4 Å². The molecular weight excluding hydrogens is 392 g/mol. The van der Waals surface area contributed by atoms with Gasteiger partial charge in [-0.05, 0) is 31.9 Å². The van der Waals surface area contributed by atoms with E-state index >= 15 is 0 Å². The summed E-state index contributed by atoms with van der Waals surface area (Å²) in [6.07, 6.45) is 4.32. The van der Waals surface area contributed by atoms with Crippen molar-refractivity contribution in [2.24, 2.45) is 0 Å². The number of hydrogen-bond acceptors (Lipinski definition) is 6. The maximum atomic E-state index is 9.88. The first-order chi connectivity index (χ1) is 14.5. The molecule has 6 nitrogen and oxygen atoms in total. The molecular formula is C23H22N6S. The number of nitriles is 1. The van der Waals surface area contributed by atoms with Gasteiger partial charge >= 0.3 is 0 Å². The molecule has 0 atom stereocenters. The molecule has 3 aromatic heterocycles. The van der Waals surface area contributed by atoms with Crippen molar-refractivity contribution in [1.82, 2.24) is 19.5 Å². The number of allylic oxidation sites excluding steroid dienone is 1. The molecule has 4 rings (SSSR count). The van der Waals surface area contributed by atoms with Gasteiger partial charge in [-0.3, -0.25) is 0 Å². The highest BCUT2D eigenvalue weighted by Crippen LogP contribution is 2.39. The number of nitrogens with zero attached hydrogens (tertiary/aromatic N) is 5. The van der Waals surface area contributed by atoms with Crippen LogP contribution in [0.2, 0.25) is 0 Å². The second-order valence-electron chi connectivity index (χ2n) is 7.20. The Labute approximate surface area is 179 Å². The Bertz CT molecular complexity index is 1290. The van der Waals surface area contributed by atoms with Crippen LogP contribution in [-0.4, -0.2) is 19.5 Å². The highest BCUT2D eigenvalue weighted by atomic mass is 32.1.